The van der Waals surface area contributed by atoms with Crippen LogP contribution in [0.4, 0.5) is 0 Å². The summed E-state index contributed by atoms with van der Waals surface area (Å²) in [6.07, 6.45) is 2.55. The van der Waals surface area contributed by atoms with Gasteiger partial charge in [0.25, 0.3) is 0 Å². The van der Waals surface area contributed by atoms with E-state index in [0.29, 0.717) is 6.42 Å². The lowest BCUT2D eigenvalue weighted by molar-refractivity contribution is 0.177. The number of aryl methyl sites for hydroxylation is 1. The Morgan fingerprint density at radius 2 is 2.20 bits per heavy atom. The van der Waals surface area contributed by atoms with Crippen molar-refractivity contribution in [1.82, 2.24) is 14.8 Å². The Kier molecular flexibility index (Phi) is 3.80. The second-order valence-electron chi connectivity index (χ2n) is 4.81. The summed E-state index contributed by atoms with van der Waals surface area (Å²) in [4.78, 5) is 5.23. The molecule has 0 fully saturated rings. The topological polar surface area (TPSA) is 50.9 Å². The highest BCUT2D eigenvalue weighted by molar-refractivity contribution is 7.19. The highest BCUT2D eigenvalue weighted by Gasteiger charge is 2.15. The standard InChI is InChI=1S/C15H17N3OS/c1-2-7-18-15(16-10-17-18)9-12(19)14-8-11-5-3-4-6-13(11)20-14/h3-6,8,10,12,19H,2,7,9H2,1H3. The summed E-state index contributed by atoms with van der Waals surface area (Å²) in [6, 6.07) is 10.2. The largest absolute Gasteiger partial charge is 0.387 e. The first-order valence-electron chi connectivity index (χ1n) is 6.81. The highest BCUT2D eigenvalue weighted by atomic mass is 32.1. The molecule has 0 saturated heterocycles. The van der Waals surface area contributed by atoms with Gasteiger partial charge in [-0.05, 0) is 23.9 Å². The maximum absolute atomic E-state index is 10.4. The fourth-order valence-corrected chi connectivity index (χ4v) is 3.34. The van der Waals surface area contributed by atoms with Gasteiger partial charge in [0.15, 0.2) is 0 Å². The molecule has 0 spiro atoms. The summed E-state index contributed by atoms with van der Waals surface area (Å²) in [5.41, 5.74) is 0. The van der Waals surface area contributed by atoms with Gasteiger partial charge >= 0.3 is 0 Å². The lowest BCUT2D eigenvalue weighted by Crippen LogP contribution is -2.09. The average molecular weight is 287 g/mol. The third-order valence-corrected chi connectivity index (χ3v) is 4.50. The second-order valence-corrected chi connectivity index (χ2v) is 5.92. The van der Waals surface area contributed by atoms with Crippen LogP contribution in [0.3, 0.4) is 0 Å². The molecule has 1 unspecified atom stereocenters. The summed E-state index contributed by atoms with van der Waals surface area (Å²) >= 11 is 1.64. The summed E-state index contributed by atoms with van der Waals surface area (Å²) < 4.78 is 3.08. The van der Waals surface area contributed by atoms with E-state index in [-0.39, 0.29) is 0 Å². The van der Waals surface area contributed by atoms with Gasteiger partial charge < -0.3 is 5.11 Å². The van der Waals surface area contributed by atoms with Crippen LogP contribution in [-0.2, 0) is 13.0 Å². The molecule has 0 amide bonds. The normalized spacial score (nSPS) is 12.9. The van der Waals surface area contributed by atoms with Crippen LogP contribution in [0.25, 0.3) is 10.1 Å². The number of aromatic nitrogens is 3. The Balaban J connectivity index is 1.81. The molecule has 4 nitrogen and oxygen atoms in total. The van der Waals surface area contributed by atoms with E-state index in [9.17, 15) is 5.11 Å². The molecule has 1 N–H and O–H groups in total. The summed E-state index contributed by atoms with van der Waals surface area (Å²) in [7, 11) is 0. The first-order chi connectivity index (χ1) is 9.78. The van der Waals surface area contributed by atoms with E-state index < -0.39 is 6.10 Å². The molecule has 1 atom stereocenters. The average Bonchev–Trinajstić information content (AvgIpc) is 3.06. The Morgan fingerprint density at radius 3 is 3.00 bits per heavy atom. The van der Waals surface area contributed by atoms with Crippen LogP contribution in [0.15, 0.2) is 36.7 Å². The Bertz CT molecular complexity index is 671. The Hall–Kier alpha value is -1.72. The van der Waals surface area contributed by atoms with Gasteiger partial charge in [-0.3, -0.25) is 4.68 Å². The zero-order valence-corrected chi connectivity index (χ0v) is 12.2. The molecule has 3 rings (SSSR count). The van der Waals surface area contributed by atoms with Gasteiger partial charge in [0.2, 0.25) is 0 Å². The van der Waals surface area contributed by atoms with Crippen molar-refractivity contribution in [3.63, 3.8) is 0 Å². The number of nitrogens with zero attached hydrogens (tertiary/aromatic N) is 3. The molecule has 3 aromatic rings. The van der Waals surface area contributed by atoms with E-state index in [1.807, 2.05) is 16.8 Å². The van der Waals surface area contributed by atoms with Crippen LogP contribution < -0.4 is 0 Å². The zero-order chi connectivity index (χ0) is 13.9. The van der Waals surface area contributed by atoms with Crippen molar-refractivity contribution in [2.45, 2.75) is 32.4 Å². The number of hydrogen-bond donors (Lipinski definition) is 1. The molecule has 0 bridgehead atoms. The maximum atomic E-state index is 10.4. The molecule has 0 aliphatic heterocycles. The van der Waals surface area contributed by atoms with Crippen LogP contribution >= 0.6 is 11.3 Å². The third-order valence-electron chi connectivity index (χ3n) is 3.28. The summed E-state index contributed by atoms with van der Waals surface area (Å²) in [6.45, 7) is 2.95. The molecule has 2 aromatic heterocycles. The van der Waals surface area contributed by atoms with Crippen LogP contribution in [0.5, 0.6) is 0 Å². The van der Waals surface area contributed by atoms with Gasteiger partial charge in [-0.15, -0.1) is 11.3 Å². The van der Waals surface area contributed by atoms with Crippen LogP contribution in [-0.4, -0.2) is 19.9 Å². The number of rotatable bonds is 5. The molecule has 1 aromatic carbocycles. The minimum atomic E-state index is -0.521. The molecular weight excluding hydrogens is 270 g/mol. The van der Waals surface area contributed by atoms with Crippen molar-refractivity contribution < 1.29 is 5.11 Å². The smallest absolute Gasteiger partial charge is 0.138 e. The lowest BCUT2D eigenvalue weighted by atomic mass is 10.2. The summed E-state index contributed by atoms with van der Waals surface area (Å²) in [5.74, 6) is 0.844. The Morgan fingerprint density at radius 1 is 1.35 bits per heavy atom. The molecule has 2 heterocycles. The first-order valence-corrected chi connectivity index (χ1v) is 7.63. The minimum absolute atomic E-state index is 0.507. The van der Waals surface area contributed by atoms with Gasteiger partial charge in [-0.2, -0.15) is 5.10 Å². The number of benzene rings is 1. The molecular formula is C15H17N3OS. The third kappa shape index (κ3) is 2.59. The van der Waals surface area contributed by atoms with E-state index in [2.05, 4.69) is 35.2 Å². The molecule has 0 aliphatic carbocycles. The molecule has 0 saturated carbocycles. The first kappa shape index (κ1) is 13.3. The van der Waals surface area contributed by atoms with Crippen molar-refractivity contribution in [2.75, 3.05) is 0 Å². The fraction of sp³-hybridized carbons (Fsp3) is 0.333. The number of aliphatic hydroxyl groups excluding tert-OH is 1. The van der Waals surface area contributed by atoms with E-state index in [4.69, 9.17) is 0 Å². The molecule has 0 aliphatic rings. The molecule has 104 valence electrons. The second kappa shape index (κ2) is 5.73. The van der Waals surface area contributed by atoms with E-state index >= 15 is 0 Å². The van der Waals surface area contributed by atoms with Gasteiger partial charge in [0, 0.05) is 22.5 Å². The monoisotopic (exact) mass is 287 g/mol. The maximum Gasteiger partial charge on any atom is 0.138 e. The lowest BCUT2D eigenvalue weighted by Gasteiger charge is -2.09. The van der Waals surface area contributed by atoms with Gasteiger partial charge in [-0.25, -0.2) is 4.98 Å². The number of thiophene rings is 1. The molecule has 0 radical (unpaired) electrons. The SMILES string of the molecule is CCCn1ncnc1CC(O)c1cc2ccccc2s1. The van der Waals surface area contributed by atoms with Gasteiger partial charge in [0.05, 0.1) is 6.10 Å². The van der Waals surface area contributed by atoms with E-state index in [1.165, 1.54) is 10.1 Å². The highest BCUT2D eigenvalue weighted by Crippen LogP contribution is 2.31. The predicted molar refractivity (Wildman–Crippen MR) is 80.8 cm³/mol. The van der Waals surface area contributed by atoms with Crippen LogP contribution in [0, 0.1) is 0 Å². The van der Waals surface area contributed by atoms with E-state index in [0.717, 1.165) is 23.7 Å². The van der Waals surface area contributed by atoms with E-state index in [1.54, 1.807) is 17.7 Å². The zero-order valence-electron chi connectivity index (χ0n) is 11.4. The van der Waals surface area contributed by atoms with Crippen molar-refractivity contribution in [1.29, 1.82) is 0 Å². The van der Waals surface area contributed by atoms with Crippen molar-refractivity contribution >= 4 is 21.4 Å². The Labute approximate surface area is 121 Å². The quantitative estimate of drug-likeness (QED) is 0.784. The van der Waals surface area contributed by atoms with Crippen molar-refractivity contribution in [3.8, 4) is 0 Å². The van der Waals surface area contributed by atoms with Crippen LogP contribution in [0.2, 0.25) is 0 Å². The van der Waals surface area contributed by atoms with Crippen LogP contribution in [0.1, 0.15) is 30.2 Å². The number of fused-ring (bicyclic) bond motifs is 1. The van der Waals surface area contributed by atoms with Crippen molar-refractivity contribution in [2.24, 2.45) is 0 Å². The number of aliphatic hydroxyl groups is 1. The minimum Gasteiger partial charge on any atom is -0.387 e. The predicted octanol–water partition coefficient (Wildman–Crippen LogP) is 3.18. The number of hydrogen-bond acceptors (Lipinski definition) is 4. The fourth-order valence-electron chi connectivity index (χ4n) is 2.28. The van der Waals surface area contributed by atoms with Gasteiger partial charge in [-0.1, -0.05) is 25.1 Å². The summed E-state index contributed by atoms with van der Waals surface area (Å²) in [5, 5.41) is 15.8. The molecule has 20 heavy (non-hydrogen) atoms. The van der Waals surface area contributed by atoms with Crippen molar-refractivity contribution in [3.05, 3.63) is 47.4 Å². The van der Waals surface area contributed by atoms with Gasteiger partial charge in [0.1, 0.15) is 12.2 Å². The molecule has 5 heteroatoms.